The summed E-state index contributed by atoms with van der Waals surface area (Å²) in [4.78, 5) is 18.0. The van der Waals surface area contributed by atoms with Crippen molar-refractivity contribution in [3.8, 4) is 0 Å². The molecule has 5 nitrogen and oxygen atoms in total. The quantitative estimate of drug-likeness (QED) is 0.784. The number of hydrogen-bond donors (Lipinski definition) is 2. The van der Waals surface area contributed by atoms with Crippen LogP contribution in [-0.4, -0.2) is 25.8 Å². The lowest BCUT2D eigenvalue weighted by molar-refractivity contribution is -0.149. The number of nitrogens with one attached hydrogen (secondary N) is 2. The Morgan fingerprint density at radius 1 is 1.36 bits per heavy atom. The molecule has 0 aromatic heterocycles. The Kier molecular flexibility index (Phi) is 4.15. The molecule has 2 N–H and O–H groups in total. The minimum absolute atomic E-state index is 0.0839. The van der Waals surface area contributed by atoms with Gasteiger partial charge in [0.2, 0.25) is 0 Å². The summed E-state index contributed by atoms with van der Waals surface area (Å²) in [7, 11) is -1.13. The van der Waals surface area contributed by atoms with Crippen LogP contribution in [0.15, 0.2) is 34.4 Å². The second-order valence-electron chi connectivity index (χ2n) is 6.80. The number of amides is 1. The number of carbonyl (C=O) groups is 1. The van der Waals surface area contributed by atoms with Crippen LogP contribution >= 0.6 is 15.9 Å². The van der Waals surface area contributed by atoms with Gasteiger partial charge in [-0.3, -0.25) is 9.63 Å². The zero-order valence-electron chi connectivity index (χ0n) is 12.9. The smallest absolute Gasteiger partial charge is 0.255 e. The van der Waals surface area contributed by atoms with E-state index in [1.807, 2.05) is 18.2 Å². The number of anilines is 1. The predicted octanol–water partition coefficient (Wildman–Crippen LogP) is 3.42. The van der Waals surface area contributed by atoms with Crippen LogP contribution in [0.5, 0.6) is 0 Å². The third kappa shape index (κ3) is 3.27. The van der Waals surface area contributed by atoms with Gasteiger partial charge in [-0.25, -0.2) is 0 Å². The largest absolute Gasteiger partial charge is 0.322 e. The number of fused-ring (bicyclic) bond motifs is 3. The van der Waals surface area contributed by atoms with Gasteiger partial charge >= 0.3 is 0 Å². The van der Waals surface area contributed by atoms with Crippen LogP contribution in [-0.2, 0) is 9.63 Å². The minimum Gasteiger partial charge on any atom is -0.322 e. The number of halogens is 1. The van der Waals surface area contributed by atoms with Crippen molar-refractivity contribution in [1.29, 1.82) is 0 Å². The molecule has 22 heavy (non-hydrogen) atoms. The average Bonchev–Trinajstić information content (AvgIpc) is 2.81. The molecule has 1 atom stereocenters. The van der Waals surface area contributed by atoms with Crippen molar-refractivity contribution in [2.24, 2.45) is 0 Å². The van der Waals surface area contributed by atoms with Crippen LogP contribution in [0.1, 0.15) is 11.6 Å². The van der Waals surface area contributed by atoms with E-state index in [4.69, 9.17) is 4.84 Å². The number of hydrazine groups is 1. The van der Waals surface area contributed by atoms with Gasteiger partial charge in [-0.15, -0.1) is 0 Å². The van der Waals surface area contributed by atoms with Gasteiger partial charge in [-0.05, 0) is 23.7 Å². The summed E-state index contributed by atoms with van der Waals surface area (Å²) in [5, 5.41) is 4.50. The summed E-state index contributed by atoms with van der Waals surface area (Å²) in [5.41, 5.74) is 5.80. The number of hydroxylamine groups is 1. The molecule has 0 saturated heterocycles. The molecule has 0 bridgehead atoms. The lowest BCUT2D eigenvalue weighted by Crippen LogP contribution is -2.35. The Bertz CT molecular complexity index is 642. The first-order valence-corrected chi connectivity index (χ1v) is 11.8. The highest BCUT2D eigenvalue weighted by Gasteiger charge is 2.36. The van der Waals surface area contributed by atoms with Crippen molar-refractivity contribution >= 4 is 35.6 Å². The molecule has 118 valence electrons. The summed E-state index contributed by atoms with van der Waals surface area (Å²) in [6, 6.07) is 6.83. The second-order valence-corrected chi connectivity index (χ2v) is 13.3. The fourth-order valence-corrected chi connectivity index (χ4v) is 3.53. The number of carbonyl (C=O) groups excluding carboxylic acids is 1. The van der Waals surface area contributed by atoms with E-state index in [0.717, 1.165) is 21.8 Å². The molecule has 3 rings (SSSR count). The predicted molar refractivity (Wildman–Crippen MR) is 92.7 cm³/mol. The van der Waals surface area contributed by atoms with E-state index in [1.165, 1.54) is 0 Å². The Labute approximate surface area is 139 Å². The molecular formula is C15H20BrN3O2Si. The molecule has 1 amide bonds. The number of benzene rings is 1. The molecule has 1 aromatic rings. The van der Waals surface area contributed by atoms with E-state index < -0.39 is 8.07 Å². The molecule has 0 spiro atoms. The molecule has 7 heteroatoms. The van der Waals surface area contributed by atoms with E-state index in [2.05, 4.69) is 46.3 Å². The second kappa shape index (κ2) is 5.81. The fourth-order valence-electron chi connectivity index (χ4n) is 2.47. The number of hydrogen-bond acceptors (Lipinski definition) is 4. The molecule has 2 heterocycles. The van der Waals surface area contributed by atoms with Gasteiger partial charge < -0.3 is 5.32 Å². The van der Waals surface area contributed by atoms with Crippen LogP contribution in [0.3, 0.4) is 0 Å². The third-order valence-corrected chi connectivity index (χ3v) is 5.94. The molecular weight excluding hydrogens is 362 g/mol. The Morgan fingerprint density at radius 2 is 2.14 bits per heavy atom. The van der Waals surface area contributed by atoms with Gasteiger partial charge in [-0.2, -0.15) is 10.6 Å². The molecule has 0 aliphatic carbocycles. The van der Waals surface area contributed by atoms with Crippen molar-refractivity contribution in [2.75, 3.05) is 11.9 Å². The zero-order chi connectivity index (χ0) is 15.9. The standard InChI is InChI=1S/C15H20BrN3O2Si/c1-22(2,3)7-6-21-19-9-12-14(18-19)11-5-4-10(16)8-13(11)17-15(12)20/h4-5,8-9,14,18H,6-7H2,1-3H3,(H,17,20). The van der Waals surface area contributed by atoms with Crippen molar-refractivity contribution in [3.05, 3.63) is 40.0 Å². The highest BCUT2D eigenvalue weighted by atomic mass is 79.9. The highest BCUT2D eigenvalue weighted by Crippen LogP contribution is 2.38. The summed E-state index contributed by atoms with van der Waals surface area (Å²) >= 11 is 3.43. The van der Waals surface area contributed by atoms with Crippen molar-refractivity contribution in [3.63, 3.8) is 0 Å². The van der Waals surface area contributed by atoms with E-state index >= 15 is 0 Å². The molecule has 0 radical (unpaired) electrons. The lowest BCUT2D eigenvalue weighted by atomic mass is 9.95. The fraction of sp³-hybridized carbons (Fsp3) is 0.400. The SMILES string of the molecule is C[Si](C)(C)CCON1C=C2C(=O)Nc3cc(Br)ccc3C2N1. The maximum atomic E-state index is 12.2. The normalized spacial score (nSPS) is 20.4. The molecule has 0 saturated carbocycles. The topological polar surface area (TPSA) is 53.6 Å². The van der Waals surface area contributed by atoms with E-state index in [9.17, 15) is 4.79 Å². The molecule has 1 unspecified atom stereocenters. The first-order valence-electron chi connectivity index (χ1n) is 7.34. The van der Waals surface area contributed by atoms with Crippen LogP contribution in [0, 0.1) is 0 Å². The van der Waals surface area contributed by atoms with Crippen LogP contribution in [0.2, 0.25) is 25.7 Å². The maximum absolute atomic E-state index is 12.2. The summed E-state index contributed by atoms with van der Waals surface area (Å²) in [6.45, 7) is 7.60. The van der Waals surface area contributed by atoms with E-state index in [-0.39, 0.29) is 11.9 Å². The Morgan fingerprint density at radius 3 is 2.86 bits per heavy atom. The van der Waals surface area contributed by atoms with Gasteiger partial charge in [0, 0.05) is 18.2 Å². The van der Waals surface area contributed by atoms with E-state index in [0.29, 0.717) is 12.2 Å². The van der Waals surface area contributed by atoms with Gasteiger partial charge in [0.05, 0.1) is 24.4 Å². The molecule has 2 aliphatic heterocycles. The Hall–Kier alpha value is -1.15. The number of rotatable bonds is 4. The first kappa shape index (κ1) is 15.7. The summed E-state index contributed by atoms with van der Waals surface area (Å²) < 4.78 is 0.945. The summed E-state index contributed by atoms with van der Waals surface area (Å²) in [6.07, 6.45) is 1.75. The highest BCUT2D eigenvalue weighted by molar-refractivity contribution is 9.10. The maximum Gasteiger partial charge on any atom is 0.255 e. The zero-order valence-corrected chi connectivity index (χ0v) is 15.5. The van der Waals surface area contributed by atoms with Crippen LogP contribution in [0.25, 0.3) is 0 Å². The van der Waals surface area contributed by atoms with Gasteiger partial charge in [0.1, 0.15) is 0 Å². The van der Waals surface area contributed by atoms with Crippen molar-refractivity contribution < 1.29 is 9.63 Å². The monoisotopic (exact) mass is 381 g/mol. The lowest BCUT2D eigenvalue weighted by Gasteiger charge is -2.26. The summed E-state index contributed by atoms with van der Waals surface area (Å²) in [5.74, 6) is -0.0839. The van der Waals surface area contributed by atoms with Gasteiger partial charge in [0.25, 0.3) is 5.91 Å². The van der Waals surface area contributed by atoms with Crippen LogP contribution in [0.4, 0.5) is 5.69 Å². The third-order valence-electron chi connectivity index (χ3n) is 3.74. The molecule has 2 aliphatic rings. The average molecular weight is 382 g/mol. The van der Waals surface area contributed by atoms with Crippen LogP contribution < -0.4 is 10.7 Å². The molecule has 1 aromatic carbocycles. The van der Waals surface area contributed by atoms with Crippen molar-refractivity contribution in [1.82, 2.24) is 10.6 Å². The first-order chi connectivity index (χ1) is 10.3. The molecule has 0 fully saturated rings. The van der Waals surface area contributed by atoms with Crippen molar-refractivity contribution in [2.45, 2.75) is 31.7 Å². The van der Waals surface area contributed by atoms with Gasteiger partial charge in [0.15, 0.2) is 0 Å². The van der Waals surface area contributed by atoms with E-state index in [1.54, 1.807) is 11.4 Å². The van der Waals surface area contributed by atoms with Gasteiger partial charge in [-0.1, -0.05) is 41.6 Å². The minimum atomic E-state index is -1.13. The number of nitrogens with zero attached hydrogens (tertiary/aromatic N) is 1. The Balaban J connectivity index is 1.73.